The van der Waals surface area contributed by atoms with Crippen LogP contribution in [0.25, 0.3) is 10.1 Å². The summed E-state index contributed by atoms with van der Waals surface area (Å²) in [7, 11) is 4.24. The van der Waals surface area contributed by atoms with E-state index in [0.29, 0.717) is 12.6 Å². The lowest BCUT2D eigenvalue weighted by molar-refractivity contribution is 0.117. The number of benzene rings is 1. The summed E-state index contributed by atoms with van der Waals surface area (Å²) in [6, 6.07) is 8.90. The summed E-state index contributed by atoms with van der Waals surface area (Å²) in [5.41, 5.74) is 1.47. The first-order valence-corrected chi connectivity index (χ1v) is 7.29. The molecule has 2 nitrogen and oxygen atoms in total. The van der Waals surface area contributed by atoms with E-state index < -0.39 is 0 Å². The van der Waals surface area contributed by atoms with Gasteiger partial charge in [0.1, 0.15) is 0 Å². The molecule has 1 atom stereocenters. The Morgan fingerprint density at radius 1 is 1.33 bits per heavy atom. The van der Waals surface area contributed by atoms with Crippen LogP contribution in [0.15, 0.2) is 29.6 Å². The number of aliphatic hydroxyl groups is 1. The number of thiophene rings is 1. The summed E-state index contributed by atoms with van der Waals surface area (Å²) in [5.74, 6) is 0. The molecule has 1 aliphatic carbocycles. The zero-order chi connectivity index (χ0) is 12.8. The third kappa shape index (κ3) is 1.78. The topological polar surface area (TPSA) is 23.5 Å². The van der Waals surface area contributed by atoms with Crippen molar-refractivity contribution in [1.82, 2.24) is 4.90 Å². The van der Waals surface area contributed by atoms with Gasteiger partial charge in [-0.1, -0.05) is 18.2 Å². The van der Waals surface area contributed by atoms with Crippen LogP contribution >= 0.6 is 11.3 Å². The molecule has 3 heteroatoms. The normalized spacial score (nSPS) is 19.3. The Bertz CT molecular complexity index is 556. The Labute approximate surface area is 112 Å². The number of rotatable bonds is 4. The number of fused-ring (bicyclic) bond motifs is 1. The van der Waals surface area contributed by atoms with Crippen LogP contribution in [0, 0.1) is 5.41 Å². The summed E-state index contributed by atoms with van der Waals surface area (Å²) < 4.78 is 1.34. The largest absolute Gasteiger partial charge is 0.396 e. The van der Waals surface area contributed by atoms with Crippen molar-refractivity contribution in [3.8, 4) is 0 Å². The predicted octanol–water partition coefficient (Wildman–Crippen LogP) is 3.28. The quantitative estimate of drug-likeness (QED) is 0.913. The second-order valence-corrected chi connectivity index (χ2v) is 6.49. The molecule has 1 aliphatic rings. The molecule has 0 radical (unpaired) electrons. The lowest BCUT2D eigenvalue weighted by Crippen LogP contribution is -2.30. The Kier molecular flexibility index (Phi) is 2.93. The van der Waals surface area contributed by atoms with E-state index in [4.69, 9.17) is 0 Å². The Morgan fingerprint density at radius 3 is 2.67 bits per heavy atom. The monoisotopic (exact) mass is 261 g/mol. The molecule has 1 heterocycles. The zero-order valence-corrected chi connectivity index (χ0v) is 11.7. The third-order valence-electron chi connectivity index (χ3n) is 4.11. The average Bonchev–Trinajstić information content (AvgIpc) is 3.04. The molecular weight excluding hydrogens is 242 g/mol. The van der Waals surface area contributed by atoms with Gasteiger partial charge in [0.25, 0.3) is 0 Å². The minimum Gasteiger partial charge on any atom is -0.396 e. The third-order valence-corrected chi connectivity index (χ3v) is 5.09. The summed E-state index contributed by atoms with van der Waals surface area (Å²) in [4.78, 5) is 2.26. The van der Waals surface area contributed by atoms with E-state index in [1.807, 2.05) is 0 Å². The molecule has 1 unspecified atom stereocenters. The van der Waals surface area contributed by atoms with Crippen LogP contribution in [0.5, 0.6) is 0 Å². The Morgan fingerprint density at radius 2 is 2.06 bits per heavy atom. The minimum atomic E-state index is 0.0906. The first-order chi connectivity index (χ1) is 8.68. The number of hydrogen-bond donors (Lipinski definition) is 1. The molecule has 3 rings (SSSR count). The number of aliphatic hydroxyl groups excluding tert-OH is 1. The fraction of sp³-hybridized carbons (Fsp3) is 0.467. The molecular formula is C15H19NOS. The molecule has 0 amide bonds. The van der Waals surface area contributed by atoms with E-state index in [1.54, 1.807) is 11.3 Å². The van der Waals surface area contributed by atoms with Crippen molar-refractivity contribution in [2.75, 3.05) is 20.7 Å². The first-order valence-electron chi connectivity index (χ1n) is 6.41. The maximum atomic E-state index is 9.72. The molecule has 1 aromatic carbocycles. The van der Waals surface area contributed by atoms with Gasteiger partial charge in [-0.3, -0.25) is 0 Å². The molecule has 0 bridgehead atoms. The smallest absolute Gasteiger partial charge is 0.0505 e. The van der Waals surface area contributed by atoms with Gasteiger partial charge in [-0.2, -0.15) is 0 Å². The maximum absolute atomic E-state index is 9.72. The van der Waals surface area contributed by atoms with Gasteiger partial charge in [0.05, 0.1) is 6.61 Å². The van der Waals surface area contributed by atoms with Gasteiger partial charge in [-0.25, -0.2) is 0 Å². The van der Waals surface area contributed by atoms with Crippen LogP contribution in [0.1, 0.15) is 24.4 Å². The SMILES string of the molecule is CN(C)C(c1csc2ccccc12)C1(CO)CC1. The molecule has 1 aromatic heterocycles. The molecule has 1 saturated carbocycles. The van der Waals surface area contributed by atoms with Crippen LogP contribution in [-0.4, -0.2) is 30.7 Å². The standard InChI is InChI=1S/C15H19NOS/c1-16(2)14(15(10-17)7-8-15)12-9-18-13-6-4-3-5-11(12)13/h3-6,9,14,17H,7-8,10H2,1-2H3. The predicted molar refractivity (Wildman–Crippen MR) is 77.0 cm³/mol. The van der Waals surface area contributed by atoms with Crippen LogP contribution in [0.2, 0.25) is 0 Å². The van der Waals surface area contributed by atoms with Crippen LogP contribution in [0.3, 0.4) is 0 Å². The molecule has 96 valence electrons. The van der Waals surface area contributed by atoms with Crippen LogP contribution in [0.4, 0.5) is 0 Å². The second kappa shape index (κ2) is 4.34. The van der Waals surface area contributed by atoms with Crippen LogP contribution < -0.4 is 0 Å². The molecule has 18 heavy (non-hydrogen) atoms. The van der Waals surface area contributed by atoms with Gasteiger partial charge < -0.3 is 10.0 Å². The van der Waals surface area contributed by atoms with Crippen molar-refractivity contribution in [3.63, 3.8) is 0 Å². The van der Waals surface area contributed by atoms with Crippen molar-refractivity contribution in [3.05, 3.63) is 35.2 Å². The molecule has 0 aliphatic heterocycles. The number of hydrogen-bond acceptors (Lipinski definition) is 3. The van der Waals surface area contributed by atoms with E-state index in [1.165, 1.54) is 15.6 Å². The van der Waals surface area contributed by atoms with E-state index >= 15 is 0 Å². The van der Waals surface area contributed by atoms with Crippen molar-refractivity contribution >= 4 is 21.4 Å². The highest BCUT2D eigenvalue weighted by molar-refractivity contribution is 7.17. The van der Waals surface area contributed by atoms with Gasteiger partial charge in [-0.05, 0) is 49.3 Å². The van der Waals surface area contributed by atoms with Crippen LogP contribution in [-0.2, 0) is 0 Å². The number of nitrogens with zero attached hydrogens (tertiary/aromatic N) is 1. The maximum Gasteiger partial charge on any atom is 0.0505 e. The second-order valence-electron chi connectivity index (χ2n) is 5.57. The molecule has 1 N–H and O–H groups in total. The minimum absolute atomic E-state index is 0.0906. The average molecular weight is 261 g/mol. The van der Waals surface area contributed by atoms with Crippen molar-refractivity contribution in [1.29, 1.82) is 0 Å². The molecule has 1 fully saturated rings. The van der Waals surface area contributed by atoms with Gasteiger partial charge >= 0.3 is 0 Å². The fourth-order valence-corrected chi connectivity index (χ4v) is 4.02. The van der Waals surface area contributed by atoms with Gasteiger partial charge in [0, 0.05) is 16.2 Å². The lowest BCUT2D eigenvalue weighted by atomic mass is 9.89. The van der Waals surface area contributed by atoms with Gasteiger partial charge in [-0.15, -0.1) is 11.3 Å². The molecule has 2 aromatic rings. The Hall–Kier alpha value is -0.900. The van der Waals surface area contributed by atoms with E-state index in [0.717, 1.165) is 12.8 Å². The lowest BCUT2D eigenvalue weighted by Gasteiger charge is -2.31. The van der Waals surface area contributed by atoms with Crippen molar-refractivity contribution < 1.29 is 5.11 Å². The molecule has 0 saturated heterocycles. The van der Waals surface area contributed by atoms with Gasteiger partial charge in [0.2, 0.25) is 0 Å². The van der Waals surface area contributed by atoms with Crippen molar-refractivity contribution in [2.24, 2.45) is 5.41 Å². The summed E-state index contributed by atoms with van der Waals surface area (Å²) >= 11 is 1.81. The van der Waals surface area contributed by atoms with Gasteiger partial charge in [0.15, 0.2) is 0 Å². The highest BCUT2D eigenvalue weighted by Crippen LogP contribution is 2.57. The highest BCUT2D eigenvalue weighted by atomic mass is 32.1. The molecule has 0 spiro atoms. The first kappa shape index (κ1) is 12.2. The summed E-state index contributed by atoms with van der Waals surface area (Å²) in [5, 5.41) is 13.3. The summed E-state index contributed by atoms with van der Waals surface area (Å²) in [6.07, 6.45) is 2.27. The van der Waals surface area contributed by atoms with E-state index in [2.05, 4.69) is 48.6 Å². The zero-order valence-electron chi connectivity index (χ0n) is 10.9. The van der Waals surface area contributed by atoms with Crippen molar-refractivity contribution in [2.45, 2.75) is 18.9 Å². The fourth-order valence-electron chi connectivity index (χ4n) is 3.04. The van der Waals surface area contributed by atoms with E-state index in [-0.39, 0.29) is 5.41 Å². The van der Waals surface area contributed by atoms with E-state index in [9.17, 15) is 5.11 Å². The highest BCUT2D eigenvalue weighted by Gasteiger charge is 2.50. The summed E-state index contributed by atoms with van der Waals surface area (Å²) in [6.45, 7) is 0.292. The Balaban J connectivity index is 2.10.